The van der Waals surface area contributed by atoms with E-state index in [1.165, 1.54) is 62.5 Å². The molecule has 0 heteroatoms. The SMILES string of the molecule is CCCCCCCCCCC#Cc1ccc(-c2ccccc2)cc1. The summed E-state index contributed by atoms with van der Waals surface area (Å²) in [5.74, 6) is 6.61. The molecule has 0 amide bonds. The third kappa shape index (κ3) is 7.05. The van der Waals surface area contributed by atoms with Crippen molar-refractivity contribution in [2.75, 3.05) is 0 Å². The monoisotopic (exact) mass is 318 g/mol. The molecule has 2 aromatic carbocycles. The van der Waals surface area contributed by atoms with Gasteiger partial charge in [-0.3, -0.25) is 0 Å². The van der Waals surface area contributed by atoms with Gasteiger partial charge in [0, 0.05) is 12.0 Å². The van der Waals surface area contributed by atoms with E-state index in [1.807, 2.05) is 0 Å². The lowest BCUT2D eigenvalue weighted by Crippen LogP contribution is -1.81. The standard InChI is InChI=1S/C24H30/c1-2-3-4-5-6-7-8-9-10-12-15-22-18-20-24(21-19-22)23-16-13-11-14-17-23/h11,13-14,16-21H,2-10H2,1H3. The van der Waals surface area contributed by atoms with Crippen molar-refractivity contribution in [2.24, 2.45) is 0 Å². The van der Waals surface area contributed by atoms with E-state index in [0.717, 1.165) is 12.0 Å². The number of hydrogen-bond acceptors (Lipinski definition) is 0. The molecule has 24 heavy (non-hydrogen) atoms. The Morgan fingerprint density at radius 1 is 0.625 bits per heavy atom. The number of benzene rings is 2. The maximum atomic E-state index is 3.32. The largest absolute Gasteiger partial charge is 0.0979 e. The molecule has 0 N–H and O–H groups in total. The Balaban J connectivity index is 1.65. The molecule has 0 bridgehead atoms. The van der Waals surface area contributed by atoms with Crippen molar-refractivity contribution in [3.05, 3.63) is 60.2 Å². The van der Waals surface area contributed by atoms with Crippen molar-refractivity contribution in [1.82, 2.24) is 0 Å². The molecular formula is C24H30. The molecule has 0 radical (unpaired) electrons. The van der Waals surface area contributed by atoms with Gasteiger partial charge in [-0.2, -0.15) is 0 Å². The predicted octanol–water partition coefficient (Wildman–Crippen LogP) is 7.24. The zero-order valence-electron chi connectivity index (χ0n) is 15.1. The summed E-state index contributed by atoms with van der Waals surface area (Å²) in [5.41, 5.74) is 3.63. The molecule has 0 saturated heterocycles. The first-order chi connectivity index (χ1) is 11.9. The van der Waals surface area contributed by atoms with E-state index in [1.54, 1.807) is 0 Å². The Bertz CT molecular complexity index is 611. The third-order valence-corrected chi connectivity index (χ3v) is 4.38. The van der Waals surface area contributed by atoms with Crippen molar-refractivity contribution < 1.29 is 0 Å². The average molecular weight is 319 g/mol. The maximum Gasteiger partial charge on any atom is 0.0245 e. The summed E-state index contributed by atoms with van der Waals surface area (Å²) >= 11 is 0. The molecule has 126 valence electrons. The van der Waals surface area contributed by atoms with Crippen LogP contribution < -0.4 is 0 Å². The zero-order valence-corrected chi connectivity index (χ0v) is 15.1. The average Bonchev–Trinajstić information content (AvgIpc) is 2.64. The van der Waals surface area contributed by atoms with Crippen molar-refractivity contribution in [2.45, 2.75) is 64.7 Å². The highest BCUT2D eigenvalue weighted by atomic mass is 14.0. The second-order valence-corrected chi connectivity index (χ2v) is 6.47. The zero-order chi connectivity index (χ0) is 16.9. The molecule has 0 atom stereocenters. The predicted molar refractivity (Wildman–Crippen MR) is 106 cm³/mol. The smallest absolute Gasteiger partial charge is 0.0245 e. The van der Waals surface area contributed by atoms with Crippen LogP contribution in [0.1, 0.15) is 70.3 Å². The van der Waals surface area contributed by atoms with Gasteiger partial charge in [0.25, 0.3) is 0 Å². The van der Waals surface area contributed by atoms with Crippen LogP contribution in [0.4, 0.5) is 0 Å². The Kier molecular flexibility index (Phi) is 8.81. The van der Waals surface area contributed by atoms with E-state index in [2.05, 4.69) is 73.4 Å². The van der Waals surface area contributed by atoms with E-state index < -0.39 is 0 Å². The summed E-state index contributed by atoms with van der Waals surface area (Å²) in [7, 11) is 0. The van der Waals surface area contributed by atoms with E-state index in [4.69, 9.17) is 0 Å². The fraction of sp³-hybridized carbons (Fsp3) is 0.417. The van der Waals surface area contributed by atoms with Gasteiger partial charge in [0.1, 0.15) is 0 Å². The van der Waals surface area contributed by atoms with Gasteiger partial charge in [0.05, 0.1) is 0 Å². The van der Waals surface area contributed by atoms with E-state index in [0.29, 0.717) is 0 Å². The van der Waals surface area contributed by atoms with Gasteiger partial charge < -0.3 is 0 Å². The highest BCUT2D eigenvalue weighted by molar-refractivity contribution is 5.64. The van der Waals surface area contributed by atoms with Gasteiger partial charge in [-0.1, -0.05) is 106 Å². The lowest BCUT2D eigenvalue weighted by molar-refractivity contribution is 0.579. The summed E-state index contributed by atoms with van der Waals surface area (Å²) in [6.45, 7) is 2.27. The minimum absolute atomic E-state index is 1.02. The molecule has 2 rings (SSSR count). The highest BCUT2D eigenvalue weighted by Crippen LogP contribution is 2.18. The Labute approximate surface area is 148 Å². The second-order valence-electron chi connectivity index (χ2n) is 6.47. The van der Waals surface area contributed by atoms with Crippen LogP contribution in [0.2, 0.25) is 0 Å². The van der Waals surface area contributed by atoms with Gasteiger partial charge in [-0.15, -0.1) is 0 Å². The lowest BCUT2D eigenvalue weighted by Gasteiger charge is -2.01. The summed E-state index contributed by atoms with van der Waals surface area (Å²) in [6, 6.07) is 19.1. The molecule has 0 aliphatic carbocycles. The first-order valence-corrected chi connectivity index (χ1v) is 9.54. The normalized spacial score (nSPS) is 10.2. The molecule has 0 unspecified atom stereocenters. The Hall–Kier alpha value is -2.00. The fourth-order valence-electron chi connectivity index (χ4n) is 2.89. The number of hydrogen-bond donors (Lipinski definition) is 0. The molecule has 0 fully saturated rings. The number of rotatable bonds is 9. The van der Waals surface area contributed by atoms with Crippen LogP contribution in [0.15, 0.2) is 54.6 Å². The summed E-state index contributed by atoms with van der Waals surface area (Å²) in [4.78, 5) is 0. The lowest BCUT2D eigenvalue weighted by atomic mass is 10.0. The molecule has 0 aliphatic heterocycles. The molecule has 2 aromatic rings. The maximum absolute atomic E-state index is 3.32. The van der Waals surface area contributed by atoms with Crippen LogP contribution in [0.5, 0.6) is 0 Å². The minimum Gasteiger partial charge on any atom is -0.0979 e. The van der Waals surface area contributed by atoms with Gasteiger partial charge in [-0.05, 0) is 29.7 Å². The van der Waals surface area contributed by atoms with Crippen molar-refractivity contribution >= 4 is 0 Å². The molecule has 0 heterocycles. The first kappa shape index (κ1) is 18.3. The minimum atomic E-state index is 1.02. The van der Waals surface area contributed by atoms with Crippen LogP contribution in [0, 0.1) is 11.8 Å². The van der Waals surface area contributed by atoms with Crippen LogP contribution in [0.25, 0.3) is 11.1 Å². The van der Waals surface area contributed by atoms with Crippen LogP contribution in [-0.4, -0.2) is 0 Å². The Morgan fingerprint density at radius 2 is 1.21 bits per heavy atom. The molecule has 0 aliphatic rings. The van der Waals surface area contributed by atoms with Gasteiger partial charge in [-0.25, -0.2) is 0 Å². The van der Waals surface area contributed by atoms with Gasteiger partial charge in [0.2, 0.25) is 0 Å². The Morgan fingerprint density at radius 3 is 1.88 bits per heavy atom. The third-order valence-electron chi connectivity index (χ3n) is 4.38. The summed E-state index contributed by atoms with van der Waals surface area (Å²) in [5, 5.41) is 0. The van der Waals surface area contributed by atoms with Crippen molar-refractivity contribution in [1.29, 1.82) is 0 Å². The second kappa shape index (κ2) is 11.5. The quantitative estimate of drug-likeness (QED) is 0.338. The first-order valence-electron chi connectivity index (χ1n) is 9.54. The summed E-state index contributed by atoms with van der Waals surface area (Å²) in [6.07, 6.45) is 11.9. The van der Waals surface area contributed by atoms with Crippen molar-refractivity contribution in [3.63, 3.8) is 0 Å². The van der Waals surface area contributed by atoms with Crippen molar-refractivity contribution in [3.8, 4) is 23.0 Å². The van der Waals surface area contributed by atoms with Crippen LogP contribution in [-0.2, 0) is 0 Å². The number of unbranched alkanes of at least 4 members (excludes halogenated alkanes) is 8. The molecule has 0 aromatic heterocycles. The highest BCUT2D eigenvalue weighted by Gasteiger charge is 1.95. The van der Waals surface area contributed by atoms with Crippen LogP contribution >= 0.6 is 0 Å². The molecular weight excluding hydrogens is 288 g/mol. The van der Waals surface area contributed by atoms with E-state index >= 15 is 0 Å². The molecule has 0 nitrogen and oxygen atoms in total. The summed E-state index contributed by atoms with van der Waals surface area (Å²) < 4.78 is 0. The van der Waals surface area contributed by atoms with Gasteiger partial charge in [0.15, 0.2) is 0 Å². The fourth-order valence-corrected chi connectivity index (χ4v) is 2.89. The van der Waals surface area contributed by atoms with E-state index in [-0.39, 0.29) is 0 Å². The molecule has 0 spiro atoms. The topological polar surface area (TPSA) is 0 Å². The van der Waals surface area contributed by atoms with Crippen LogP contribution in [0.3, 0.4) is 0 Å². The van der Waals surface area contributed by atoms with E-state index in [9.17, 15) is 0 Å². The molecule has 0 saturated carbocycles. The van der Waals surface area contributed by atoms with Gasteiger partial charge >= 0.3 is 0 Å².